The first-order valence-electron chi connectivity index (χ1n) is 12.8. The molecule has 0 N–H and O–H groups in total. The largest absolute Gasteiger partial charge is 0.371 e. The lowest BCUT2D eigenvalue weighted by molar-refractivity contribution is -0.160. The summed E-state index contributed by atoms with van der Waals surface area (Å²) in [5.74, 6) is -0.174. The van der Waals surface area contributed by atoms with Crippen LogP contribution in [0.2, 0.25) is 5.02 Å². The lowest BCUT2D eigenvalue weighted by Gasteiger charge is -2.46. The van der Waals surface area contributed by atoms with Crippen molar-refractivity contribution >= 4 is 44.0 Å². The second-order valence-corrected chi connectivity index (χ2v) is 12.0. The number of aromatic nitrogens is 1. The van der Waals surface area contributed by atoms with E-state index in [0.717, 1.165) is 49.7 Å². The number of benzene rings is 2. The Morgan fingerprint density at radius 3 is 2.38 bits per heavy atom. The maximum atomic E-state index is 13.4. The summed E-state index contributed by atoms with van der Waals surface area (Å²) in [5.41, 5.74) is 1.17. The minimum absolute atomic E-state index is 0.156. The Morgan fingerprint density at radius 2 is 1.68 bits per heavy atom. The fraction of sp³-hybridized carbons (Fsp3) is 0.407. The number of hydrazine groups is 1. The van der Waals surface area contributed by atoms with Crippen molar-refractivity contribution in [1.82, 2.24) is 19.3 Å². The van der Waals surface area contributed by atoms with Crippen molar-refractivity contribution in [1.29, 1.82) is 0 Å². The number of carbonyl (C=O) groups excluding carboxylic acids is 1. The first kappa shape index (κ1) is 25.9. The van der Waals surface area contributed by atoms with Gasteiger partial charge in [-0.3, -0.25) is 14.8 Å². The van der Waals surface area contributed by atoms with Gasteiger partial charge >= 0.3 is 0 Å². The van der Waals surface area contributed by atoms with E-state index in [0.29, 0.717) is 11.6 Å². The molecule has 0 bridgehead atoms. The minimum Gasteiger partial charge on any atom is -0.371 e. The Kier molecular flexibility index (Phi) is 7.67. The maximum absolute atomic E-state index is 13.4. The number of piperidine rings is 1. The first-order chi connectivity index (χ1) is 17.9. The van der Waals surface area contributed by atoms with Crippen LogP contribution in [0.5, 0.6) is 0 Å². The first-order valence-corrected chi connectivity index (χ1v) is 14.6. The predicted octanol–water partition coefficient (Wildman–Crippen LogP) is 4.02. The van der Waals surface area contributed by atoms with Gasteiger partial charge in [-0.15, -0.1) is 0 Å². The molecule has 0 unspecified atom stereocenters. The van der Waals surface area contributed by atoms with E-state index in [1.807, 2.05) is 30.6 Å². The average molecular weight is 542 g/mol. The Balaban J connectivity index is 1.27. The highest BCUT2D eigenvalue weighted by Gasteiger charge is 2.37. The maximum Gasteiger partial charge on any atom is 0.252 e. The number of carbonyl (C=O) groups is 1. The molecule has 1 amide bonds. The molecule has 0 aliphatic carbocycles. The van der Waals surface area contributed by atoms with Crippen LogP contribution in [0.15, 0.2) is 65.8 Å². The SMILES string of the molecule is CCCN(C1CCN(c2ccncc2)CC1)N1CCN(S(=O)(=O)c2ccc3cc(Cl)ccc3c2)CC1=O. The average Bonchev–Trinajstić information content (AvgIpc) is 2.92. The molecule has 8 nitrogen and oxygen atoms in total. The summed E-state index contributed by atoms with van der Waals surface area (Å²) in [6, 6.07) is 14.7. The lowest BCUT2D eigenvalue weighted by Crippen LogP contribution is -2.61. The number of fused-ring (bicyclic) bond motifs is 1. The van der Waals surface area contributed by atoms with Gasteiger partial charge in [-0.2, -0.15) is 4.31 Å². The number of hydrogen-bond acceptors (Lipinski definition) is 6. The highest BCUT2D eigenvalue weighted by molar-refractivity contribution is 7.89. The van der Waals surface area contributed by atoms with E-state index >= 15 is 0 Å². The van der Waals surface area contributed by atoms with Gasteiger partial charge in [0.1, 0.15) is 0 Å². The number of halogens is 1. The molecular weight excluding hydrogens is 510 g/mol. The molecular formula is C27H32ClN5O3S. The van der Waals surface area contributed by atoms with Crippen molar-refractivity contribution < 1.29 is 13.2 Å². The smallest absolute Gasteiger partial charge is 0.252 e. The molecule has 2 aromatic carbocycles. The number of sulfonamides is 1. The molecule has 196 valence electrons. The van der Waals surface area contributed by atoms with Gasteiger partial charge in [0, 0.05) is 55.3 Å². The van der Waals surface area contributed by atoms with Crippen molar-refractivity contribution in [3.8, 4) is 0 Å². The number of nitrogens with zero attached hydrogens (tertiary/aromatic N) is 5. The molecule has 3 aromatic rings. The Hall–Kier alpha value is -2.72. The molecule has 3 heterocycles. The third-order valence-corrected chi connectivity index (χ3v) is 9.33. The fourth-order valence-corrected chi connectivity index (χ4v) is 6.93. The molecule has 0 atom stereocenters. The van der Waals surface area contributed by atoms with Crippen LogP contribution in [0.3, 0.4) is 0 Å². The van der Waals surface area contributed by atoms with E-state index in [1.54, 1.807) is 35.3 Å². The van der Waals surface area contributed by atoms with Crippen LogP contribution in [-0.2, 0) is 14.8 Å². The van der Waals surface area contributed by atoms with E-state index < -0.39 is 10.0 Å². The van der Waals surface area contributed by atoms with Crippen molar-refractivity contribution in [3.05, 3.63) is 65.9 Å². The Labute approximate surface area is 223 Å². The van der Waals surface area contributed by atoms with Crippen molar-refractivity contribution in [2.45, 2.75) is 37.1 Å². The van der Waals surface area contributed by atoms with Crippen LogP contribution in [0.4, 0.5) is 5.69 Å². The number of piperazine rings is 1. The topological polar surface area (TPSA) is 77.1 Å². The summed E-state index contributed by atoms with van der Waals surface area (Å²) in [6.07, 6.45) is 6.41. The molecule has 0 radical (unpaired) electrons. The van der Waals surface area contributed by atoms with Gasteiger partial charge in [-0.1, -0.05) is 30.7 Å². The minimum atomic E-state index is -3.80. The molecule has 2 aliphatic rings. The normalized spacial score (nSPS) is 18.2. The van der Waals surface area contributed by atoms with Crippen molar-refractivity contribution in [2.75, 3.05) is 44.2 Å². The third kappa shape index (κ3) is 5.45. The lowest BCUT2D eigenvalue weighted by atomic mass is 10.0. The number of pyridine rings is 1. The number of anilines is 1. The summed E-state index contributed by atoms with van der Waals surface area (Å²) in [5, 5.41) is 6.25. The number of hydrogen-bond donors (Lipinski definition) is 0. The summed E-state index contributed by atoms with van der Waals surface area (Å²) >= 11 is 6.06. The molecule has 2 fully saturated rings. The van der Waals surface area contributed by atoms with Crippen LogP contribution < -0.4 is 4.90 Å². The zero-order valence-corrected chi connectivity index (χ0v) is 22.5. The summed E-state index contributed by atoms with van der Waals surface area (Å²) < 4.78 is 28.2. The van der Waals surface area contributed by atoms with Gasteiger partial charge in [0.15, 0.2) is 0 Å². The van der Waals surface area contributed by atoms with Gasteiger partial charge in [0.2, 0.25) is 10.0 Å². The summed E-state index contributed by atoms with van der Waals surface area (Å²) in [7, 11) is -3.80. The zero-order valence-electron chi connectivity index (χ0n) is 21.0. The van der Waals surface area contributed by atoms with Crippen LogP contribution in [0.25, 0.3) is 10.8 Å². The van der Waals surface area contributed by atoms with Gasteiger partial charge in [-0.05, 0) is 66.4 Å². The van der Waals surface area contributed by atoms with Crippen LogP contribution in [-0.4, -0.2) is 78.9 Å². The van der Waals surface area contributed by atoms with Crippen molar-refractivity contribution in [3.63, 3.8) is 0 Å². The van der Waals surface area contributed by atoms with E-state index in [1.165, 1.54) is 9.99 Å². The van der Waals surface area contributed by atoms with Gasteiger partial charge in [0.05, 0.1) is 18.0 Å². The highest BCUT2D eigenvalue weighted by Crippen LogP contribution is 2.27. The molecule has 1 aromatic heterocycles. The predicted molar refractivity (Wildman–Crippen MR) is 146 cm³/mol. The zero-order chi connectivity index (χ0) is 26.0. The summed E-state index contributed by atoms with van der Waals surface area (Å²) in [6.45, 7) is 5.16. The fourth-order valence-electron chi connectivity index (χ4n) is 5.33. The molecule has 10 heteroatoms. The molecule has 2 aliphatic heterocycles. The molecule has 2 saturated heterocycles. The van der Waals surface area contributed by atoms with Crippen molar-refractivity contribution in [2.24, 2.45) is 0 Å². The van der Waals surface area contributed by atoms with Crippen LogP contribution in [0, 0.1) is 0 Å². The van der Waals surface area contributed by atoms with E-state index in [4.69, 9.17) is 11.6 Å². The highest BCUT2D eigenvalue weighted by atomic mass is 35.5. The number of rotatable bonds is 7. The Morgan fingerprint density at radius 1 is 0.973 bits per heavy atom. The standard InChI is InChI=1S/C27H32ClN5O3S/c1-2-13-32(25-9-14-30(15-10-25)24-7-11-29-12-8-24)33-17-16-31(20-27(33)34)37(35,36)26-6-4-21-18-23(28)5-3-22(21)19-26/h3-8,11-12,18-19,25H,2,9-10,13-17,20H2,1H3. The van der Waals surface area contributed by atoms with Gasteiger partial charge in [-0.25, -0.2) is 13.4 Å². The van der Waals surface area contributed by atoms with E-state index in [9.17, 15) is 13.2 Å². The van der Waals surface area contributed by atoms with E-state index in [2.05, 4.69) is 21.8 Å². The molecule has 5 rings (SSSR count). The van der Waals surface area contributed by atoms with Gasteiger partial charge < -0.3 is 4.90 Å². The molecule has 0 spiro atoms. The second kappa shape index (κ2) is 10.9. The van der Waals surface area contributed by atoms with E-state index in [-0.39, 0.29) is 29.9 Å². The second-order valence-electron chi connectivity index (χ2n) is 9.60. The van der Waals surface area contributed by atoms with Crippen LogP contribution >= 0.6 is 11.6 Å². The third-order valence-electron chi connectivity index (χ3n) is 7.25. The molecule has 37 heavy (non-hydrogen) atoms. The van der Waals surface area contributed by atoms with Gasteiger partial charge in [0.25, 0.3) is 5.91 Å². The van der Waals surface area contributed by atoms with Crippen LogP contribution in [0.1, 0.15) is 26.2 Å². The summed E-state index contributed by atoms with van der Waals surface area (Å²) in [4.78, 5) is 20.0. The number of amides is 1. The quantitative estimate of drug-likeness (QED) is 0.450. The molecule has 0 saturated carbocycles. The monoisotopic (exact) mass is 541 g/mol. The Bertz CT molecular complexity index is 1360.